The van der Waals surface area contributed by atoms with Gasteiger partial charge in [-0.25, -0.2) is 0 Å². The highest BCUT2D eigenvalue weighted by Gasteiger charge is 2.18. The Bertz CT molecular complexity index is 1270. The SMILES string of the molecule is Cc1ccc(-c2c(C(=O)/C=C/c3ccc(N(C)C)cc3)c(C)nc3ccccc23)cc1. The maximum absolute atomic E-state index is 13.4. The highest BCUT2D eigenvalue weighted by molar-refractivity contribution is 6.16. The van der Waals surface area contributed by atoms with Crippen LogP contribution in [0.4, 0.5) is 5.69 Å². The molecular weight excluding hydrogens is 380 g/mol. The molecule has 0 saturated carbocycles. The molecule has 3 aromatic carbocycles. The molecule has 0 saturated heterocycles. The molecule has 0 fully saturated rings. The number of nitrogens with zero attached hydrogens (tertiary/aromatic N) is 2. The number of ketones is 1. The summed E-state index contributed by atoms with van der Waals surface area (Å²) < 4.78 is 0. The van der Waals surface area contributed by atoms with Crippen LogP contribution in [0.25, 0.3) is 28.1 Å². The van der Waals surface area contributed by atoms with Crippen molar-refractivity contribution in [1.82, 2.24) is 4.98 Å². The van der Waals surface area contributed by atoms with Crippen LogP contribution in [0.3, 0.4) is 0 Å². The number of allylic oxidation sites excluding steroid dienone is 1. The van der Waals surface area contributed by atoms with E-state index in [9.17, 15) is 4.79 Å². The lowest BCUT2D eigenvalue weighted by Crippen LogP contribution is -2.08. The lowest BCUT2D eigenvalue weighted by atomic mass is 9.91. The van der Waals surface area contributed by atoms with Gasteiger partial charge >= 0.3 is 0 Å². The Hall–Kier alpha value is -3.72. The second-order valence-electron chi connectivity index (χ2n) is 8.01. The van der Waals surface area contributed by atoms with Crippen LogP contribution in [-0.2, 0) is 0 Å². The van der Waals surface area contributed by atoms with E-state index in [1.54, 1.807) is 6.08 Å². The minimum atomic E-state index is -0.0389. The highest BCUT2D eigenvalue weighted by Crippen LogP contribution is 2.33. The molecule has 0 amide bonds. The maximum Gasteiger partial charge on any atom is 0.188 e. The number of fused-ring (bicyclic) bond motifs is 1. The molecule has 3 nitrogen and oxygen atoms in total. The molecule has 1 aromatic heterocycles. The minimum Gasteiger partial charge on any atom is -0.378 e. The van der Waals surface area contributed by atoms with Crippen LogP contribution in [0.15, 0.2) is 78.9 Å². The molecule has 1 heterocycles. The van der Waals surface area contributed by atoms with Gasteiger partial charge in [-0.3, -0.25) is 9.78 Å². The highest BCUT2D eigenvalue weighted by atomic mass is 16.1. The quantitative estimate of drug-likeness (QED) is 0.281. The summed E-state index contributed by atoms with van der Waals surface area (Å²) in [7, 11) is 4.02. The Balaban J connectivity index is 1.80. The van der Waals surface area contributed by atoms with Crippen LogP contribution in [0.1, 0.15) is 27.2 Å². The van der Waals surface area contributed by atoms with Crippen molar-refractivity contribution in [2.24, 2.45) is 0 Å². The van der Waals surface area contributed by atoms with Crippen molar-refractivity contribution in [3.8, 4) is 11.1 Å². The van der Waals surface area contributed by atoms with E-state index < -0.39 is 0 Å². The molecule has 0 aliphatic rings. The molecule has 0 N–H and O–H groups in total. The molecule has 0 atom stereocenters. The predicted molar refractivity (Wildman–Crippen MR) is 131 cm³/mol. The van der Waals surface area contributed by atoms with E-state index in [4.69, 9.17) is 4.98 Å². The first-order valence-electron chi connectivity index (χ1n) is 10.4. The van der Waals surface area contributed by atoms with E-state index in [1.807, 2.05) is 75.6 Å². The molecular formula is C28H26N2O. The van der Waals surface area contributed by atoms with Crippen molar-refractivity contribution in [3.05, 3.63) is 101 Å². The van der Waals surface area contributed by atoms with Crippen LogP contribution >= 0.6 is 0 Å². The fraction of sp³-hybridized carbons (Fsp3) is 0.143. The van der Waals surface area contributed by atoms with Crippen molar-refractivity contribution in [2.45, 2.75) is 13.8 Å². The Labute approximate surface area is 183 Å². The summed E-state index contributed by atoms with van der Waals surface area (Å²) in [5.74, 6) is -0.0389. The third kappa shape index (κ3) is 4.26. The zero-order valence-corrected chi connectivity index (χ0v) is 18.4. The van der Waals surface area contributed by atoms with E-state index >= 15 is 0 Å². The molecule has 4 aromatic rings. The minimum absolute atomic E-state index is 0.0389. The standard InChI is InChI=1S/C28H26N2O/c1-19-9-14-22(15-10-19)28-24-7-5-6-8-25(24)29-20(2)27(28)26(31)18-13-21-11-16-23(17-12-21)30(3)4/h5-18H,1-4H3/b18-13+. The maximum atomic E-state index is 13.4. The molecule has 3 heteroatoms. The number of anilines is 1. The number of para-hydroxylation sites is 1. The summed E-state index contributed by atoms with van der Waals surface area (Å²) in [6.07, 6.45) is 3.52. The molecule has 31 heavy (non-hydrogen) atoms. The van der Waals surface area contributed by atoms with Gasteiger partial charge in [0.1, 0.15) is 0 Å². The van der Waals surface area contributed by atoms with E-state index in [-0.39, 0.29) is 5.78 Å². The Morgan fingerprint density at radius 1 is 0.871 bits per heavy atom. The van der Waals surface area contributed by atoms with Crippen LogP contribution in [0.5, 0.6) is 0 Å². The van der Waals surface area contributed by atoms with Crippen molar-refractivity contribution < 1.29 is 4.79 Å². The smallest absolute Gasteiger partial charge is 0.188 e. The van der Waals surface area contributed by atoms with E-state index in [2.05, 4.69) is 36.1 Å². The average Bonchev–Trinajstić information content (AvgIpc) is 2.77. The third-order valence-electron chi connectivity index (χ3n) is 5.50. The monoisotopic (exact) mass is 406 g/mol. The largest absolute Gasteiger partial charge is 0.378 e. The lowest BCUT2D eigenvalue weighted by molar-refractivity contribution is 0.104. The van der Waals surface area contributed by atoms with Gasteiger partial charge < -0.3 is 4.90 Å². The lowest BCUT2D eigenvalue weighted by Gasteiger charge is -2.14. The first-order valence-corrected chi connectivity index (χ1v) is 10.4. The van der Waals surface area contributed by atoms with Gasteiger partial charge in [0.25, 0.3) is 0 Å². The number of benzene rings is 3. The van der Waals surface area contributed by atoms with Crippen LogP contribution < -0.4 is 4.90 Å². The van der Waals surface area contributed by atoms with Crippen molar-refractivity contribution in [1.29, 1.82) is 0 Å². The third-order valence-corrected chi connectivity index (χ3v) is 5.50. The molecule has 0 radical (unpaired) electrons. The molecule has 0 unspecified atom stereocenters. The zero-order valence-electron chi connectivity index (χ0n) is 18.4. The Kier molecular flexibility index (Phi) is 5.68. The molecule has 0 spiro atoms. The second-order valence-corrected chi connectivity index (χ2v) is 8.01. The summed E-state index contributed by atoms with van der Waals surface area (Å²) in [6.45, 7) is 3.98. The normalized spacial score (nSPS) is 11.2. The number of aryl methyl sites for hydroxylation is 2. The van der Waals surface area contributed by atoms with Gasteiger partial charge in [-0.05, 0) is 49.2 Å². The first kappa shape index (κ1) is 20.5. The molecule has 4 rings (SSSR count). The number of carbonyl (C=O) groups is 1. The van der Waals surface area contributed by atoms with E-state index in [0.29, 0.717) is 5.56 Å². The van der Waals surface area contributed by atoms with Gasteiger partial charge in [0, 0.05) is 36.4 Å². The fourth-order valence-electron chi connectivity index (χ4n) is 3.80. The Morgan fingerprint density at radius 2 is 1.55 bits per heavy atom. The summed E-state index contributed by atoms with van der Waals surface area (Å²) in [5.41, 5.74) is 7.57. The average molecular weight is 407 g/mol. The van der Waals surface area contributed by atoms with Crippen LogP contribution in [-0.4, -0.2) is 24.9 Å². The van der Waals surface area contributed by atoms with Gasteiger partial charge in [-0.2, -0.15) is 0 Å². The summed E-state index contributed by atoms with van der Waals surface area (Å²) in [5, 5.41) is 0.990. The number of rotatable bonds is 5. The van der Waals surface area contributed by atoms with Gasteiger partial charge in [-0.15, -0.1) is 0 Å². The van der Waals surface area contributed by atoms with Gasteiger partial charge in [-0.1, -0.05) is 66.2 Å². The van der Waals surface area contributed by atoms with Crippen molar-refractivity contribution >= 4 is 28.4 Å². The molecule has 0 bridgehead atoms. The van der Waals surface area contributed by atoms with E-state index in [0.717, 1.165) is 39.0 Å². The summed E-state index contributed by atoms with van der Waals surface area (Å²) in [4.78, 5) is 20.2. The van der Waals surface area contributed by atoms with Gasteiger partial charge in [0.15, 0.2) is 5.78 Å². The number of carbonyl (C=O) groups excluding carboxylic acids is 1. The van der Waals surface area contributed by atoms with Crippen molar-refractivity contribution in [2.75, 3.05) is 19.0 Å². The zero-order chi connectivity index (χ0) is 22.0. The second kappa shape index (κ2) is 8.57. The number of hydrogen-bond acceptors (Lipinski definition) is 3. The summed E-state index contributed by atoms with van der Waals surface area (Å²) in [6, 6.07) is 24.5. The van der Waals surface area contributed by atoms with Crippen LogP contribution in [0, 0.1) is 13.8 Å². The molecule has 0 aliphatic carbocycles. The Morgan fingerprint density at radius 3 is 2.23 bits per heavy atom. The summed E-state index contributed by atoms with van der Waals surface area (Å²) >= 11 is 0. The first-order chi connectivity index (χ1) is 14.9. The number of aromatic nitrogens is 1. The number of pyridine rings is 1. The van der Waals surface area contributed by atoms with E-state index in [1.165, 1.54) is 5.56 Å². The van der Waals surface area contributed by atoms with Gasteiger partial charge in [0.2, 0.25) is 0 Å². The number of hydrogen-bond donors (Lipinski definition) is 0. The predicted octanol–water partition coefficient (Wildman–Crippen LogP) is 6.48. The topological polar surface area (TPSA) is 33.2 Å². The fourth-order valence-corrected chi connectivity index (χ4v) is 3.80. The molecule has 0 aliphatic heterocycles. The van der Waals surface area contributed by atoms with Gasteiger partial charge in [0.05, 0.1) is 11.1 Å². The van der Waals surface area contributed by atoms with Crippen molar-refractivity contribution in [3.63, 3.8) is 0 Å². The van der Waals surface area contributed by atoms with Crippen LogP contribution in [0.2, 0.25) is 0 Å². The molecule has 154 valence electrons.